The molecule has 0 atom stereocenters. The quantitative estimate of drug-likeness (QED) is 0.740. The van der Waals surface area contributed by atoms with Gasteiger partial charge >= 0.3 is 0 Å². The third-order valence-electron chi connectivity index (χ3n) is 4.92. The van der Waals surface area contributed by atoms with Crippen LogP contribution in [0.5, 0.6) is 0 Å². The fourth-order valence-corrected chi connectivity index (χ4v) is 3.90. The molecule has 0 unspecified atom stereocenters. The van der Waals surface area contributed by atoms with Gasteiger partial charge in [0.05, 0.1) is 19.0 Å². The van der Waals surface area contributed by atoms with Crippen molar-refractivity contribution in [1.29, 1.82) is 0 Å². The smallest absolute Gasteiger partial charge is 0.230 e. The van der Waals surface area contributed by atoms with Gasteiger partial charge in [-0.1, -0.05) is 42.5 Å². The third kappa shape index (κ3) is 5.83. The number of thioether (sulfide) groups is 1. The van der Waals surface area contributed by atoms with Crippen LogP contribution in [0.25, 0.3) is 11.1 Å². The van der Waals surface area contributed by atoms with Crippen LogP contribution in [-0.2, 0) is 9.53 Å². The van der Waals surface area contributed by atoms with Crippen LogP contribution in [0.4, 0.5) is 0 Å². The Morgan fingerprint density at radius 3 is 2.33 bits per heavy atom. The molecule has 0 saturated carbocycles. The maximum absolute atomic E-state index is 12.3. The van der Waals surface area contributed by atoms with Crippen molar-refractivity contribution in [2.75, 3.05) is 38.6 Å². The minimum Gasteiger partial charge on any atom is -0.379 e. The first-order valence-electron chi connectivity index (χ1n) is 9.42. The molecule has 0 spiro atoms. The summed E-state index contributed by atoms with van der Waals surface area (Å²) in [6.45, 7) is 8.39. The first-order chi connectivity index (χ1) is 13.0. The van der Waals surface area contributed by atoms with E-state index in [0.29, 0.717) is 12.3 Å². The molecule has 1 fully saturated rings. The largest absolute Gasteiger partial charge is 0.379 e. The van der Waals surface area contributed by atoms with Crippen molar-refractivity contribution in [2.24, 2.45) is 0 Å². The molecule has 3 rings (SSSR count). The zero-order chi connectivity index (χ0) is 19.1. The third-order valence-corrected chi connectivity index (χ3v) is 5.93. The SMILES string of the molecule is CC(C)(CNC(=O)CSc1ccc(-c2ccccc2)cc1)N1CCOCC1. The molecule has 0 radical (unpaired) electrons. The highest BCUT2D eigenvalue weighted by Gasteiger charge is 2.28. The Bertz CT molecular complexity index is 726. The average Bonchev–Trinajstić information content (AvgIpc) is 2.72. The molecule has 0 aliphatic carbocycles. The van der Waals surface area contributed by atoms with E-state index in [1.165, 1.54) is 11.1 Å². The second-order valence-electron chi connectivity index (χ2n) is 7.37. The summed E-state index contributed by atoms with van der Waals surface area (Å²) in [7, 11) is 0. The molecule has 0 aromatic heterocycles. The van der Waals surface area contributed by atoms with Crippen molar-refractivity contribution in [1.82, 2.24) is 10.2 Å². The van der Waals surface area contributed by atoms with Gasteiger partial charge < -0.3 is 10.1 Å². The number of ether oxygens (including phenoxy) is 1. The lowest BCUT2D eigenvalue weighted by atomic mass is 10.0. The van der Waals surface area contributed by atoms with Gasteiger partial charge in [-0.3, -0.25) is 9.69 Å². The molecule has 1 aliphatic rings. The summed E-state index contributed by atoms with van der Waals surface area (Å²) in [4.78, 5) is 15.7. The van der Waals surface area contributed by atoms with Gasteiger partial charge in [0.25, 0.3) is 0 Å². The van der Waals surface area contributed by atoms with Crippen molar-refractivity contribution >= 4 is 17.7 Å². The van der Waals surface area contributed by atoms with E-state index in [1.54, 1.807) is 11.8 Å². The number of carbonyl (C=O) groups is 1. The van der Waals surface area contributed by atoms with Crippen LogP contribution in [0.3, 0.4) is 0 Å². The van der Waals surface area contributed by atoms with Crippen LogP contribution in [0.2, 0.25) is 0 Å². The Morgan fingerprint density at radius 1 is 1.04 bits per heavy atom. The zero-order valence-electron chi connectivity index (χ0n) is 16.1. The van der Waals surface area contributed by atoms with Crippen molar-refractivity contribution in [3.8, 4) is 11.1 Å². The molecule has 2 aromatic rings. The lowest BCUT2D eigenvalue weighted by Crippen LogP contribution is -2.55. The molecular formula is C22H28N2O2S. The Balaban J connectivity index is 1.45. The lowest BCUT2D eigenvalue weighted by molar-refractivity contribution is -0.119. The van der Waals surface area contributed by atoms with Gasteiger partial charge in [0.15, 0.2) is 0 Å². The van der Waals surface area contributed by atoms with E-state index >= 15 is 0 Å². The molecule has 1 amide bonds. The van der Waals surface area contributed by atoms with Gasteiger partial charge in [-0.25, -0.2) is 0 Å². The molecule has 0 bridgehead atoms. The number of amides is 1. The van der Waals surface area contributed by atoms with Gasteiger partial charge in [0.2, 0.25) is 5.91 Å². The molecule has 4 nitrogen and oxygen atoms in total. The number of benzene rings is 2. The second kappa shape index (κ2) is 9.40. The molecule has 27 heavy (non-hydrogen) atoms. The van der Waals surface area contributed by atoms with Gasteiger partial charge in [-0.15, -0.1) is 11.8 Å². The minimum atomic E-state index is -0.0541. The Kier molecular flexibility index (Phi) is 6.94. The highest BCUT2D eigenvalue weighted by atomic mass is 32.2. The molecule has 1 N–H and O–H groups in total. The number of nitrogens with zero attached hydrogens (tertiary/aromatic N) is 1. The van der Waals surface area contributed by atoms with E-state index in [1.807, 2.05) is 18.2 Å². The predicted octanol–water partition coefficient (Wildman–Crippen LogP) is 3.67. The van der Waals surface area contributed by atoms with Crippen LogP contribution in [-0.4, -0.2) is 54.9 Å². The second-order valence-corrected chi connectivity index (χ2v) is 8.42. The van der Waals surface area contributed by atoms with Crippen LogP contribution in [0.1, 0.15) is 13.8 Å². The maximum Gasteiger partial charge on any atom is 0.230 e. The standard InChI is InChI=1S/C22H28N2O2S/c1-22(2,24-12-14-26-15-13-24)17-23-21(25)16-27-20-10-8-19(9-11-20)18-6-4-3-5-7-18/h3-11H,12-17H2,1-2H3,(H,23,25). The molecule has 144 valence electrons. The number of carbonyl (C=O) groups excluding carboxylic acids is 1. The van der Waals surface area contributed by atoms with E-state index in [4.69, 9.17) is 4.74 Å². The Morgan fingerprint density at radius 2 is 1.67 bits per heavy atom. The number of nitrogens with one attached hydrogen (secondary N) is 1. The Labute approximate surface area is 166 Å². The van der Waals surface area contributed by atoms with E-state index in [2.05, 4.69) is 60.5 Å². The molecule has 2 aromatic carbocycles. The average molecular weight is 385 g/mol. The number of morpholine rings is 1. The topological polar surface area (TPSA) is 41.6 Å². The summed E-state index contributed by atoms with van der Waals surface area (Å²) in [6.07, 6.45) is 0. The first kappa shape index (κ1) is 19.9. The number of hydrogen-bond acceptors (Lipinski definition) is 4. The molecule has 5 heteroatoms. The van der Waals surface area contributed by atoms with Crippen molar-refractivity contribution in [3.05, 3.63) is 54.6 Å². The van der Waals surface area contributed by atoms with Gasteiger partial charge in [0.1, 0.15) is 0 Å². The highest BCUT2D eigenvalue weighted by molar-refractivity contribution is 8.00. The van der Waals surface area contributed by atoms with E-state index in [-0.39, 0.29) is 11.4 Å². The van der Waals surface area contributed by atoms with Crippen LogP contribution in [0, 0.1) is 0 Å². The summed E-state index contributed by atoms with van der Waals surface area (Å²) in [5.74, 6) is 0.512. The fourth-order valence-electron chi connectivity index (χ4n) is 3.17. The molecular weight excluding hydrogens is 356 g/mol. The van der Waals surface area contributed by atoms with Crippen molar-refractivity contribution in [2.45, 2.75) is 24.3 Å². The van der Waals surface area contributed by atoms with E-state index in [9.17, 15) is 4.79 Å². The number of rotatable bonds is 7. The van der Waals surface area contributed by atoms with Crippen LogP contribution >= 0.6 is 11.8 Å². The van der Waals surface area contributed by atoms with Crippen molar-refractivity contribution < 1.29 is 9.53 Å². The summed E-state index contributed by atoms with van der Waals surface area (Å²) in [6, 6.07) is 18.7. The molecule has 1 aliphatic heterocycles. The predicted molar refractivity (Wildman–Crippen MR) is 112 cm³/mol. The fraction of sp³-hybridized carbons (Fsp3) is 0.409. The summed E-state index contributed by atoms with van der Waals surface area (Å²) < 4.78 is 5.41. The van der Waals surface area contributed by atoms with Crippen molar-refractivity contribution in [3.63, 3.8) is 0 Å². The summed E-state index contributed by atoms with van der Waals surface area (Å²) in [5, 5.41) is 3.09. The van der Waals surface area contributed by atoms with Gasteiger partial charge in [-0.2, -0.15) is 0 Å². The highest BCUT2D eigenvalue weighted by Crippen LogP contribution is 2.24. The van der Waals surface area contributed by atoms with Gasteiger partial charge in [-0.05, 0) is 37.1 Å². The Hall–Kier alpha value is -1.82. The zero-order valence-corrected chi connectivity index (χ0v) is 16.9. The summed E-state index contributed by atoms with van der Waals surface area (Å²) >= 11 is 1.57. The van der Waals surface area contributed by atoms with Crippen LogP contribution < -0.4 is 5.32 Å². The minimum absolute atomic E-state index is 0.0541. The van der Waals surface area contributed by atoms with Crippen LogP contribution in [0.15, 0.2) is 59.5 Å². The van der Waals surface area contributed by atoms with E-state index < -0.39 is 0 Å². The molecule has 1 heterocycles. The molecule has 1 saturated heterocycles. The summed E-state index contributed by atoms with van der Waals surface area (Å²) in [5.41, 5.74) is 2.34. The maximum atomic E-state index is 12.3. The lowest BCUT2D eigenvalue weighted by Gasteiger charge is -2.40. The normalized spacial score (nSPS) is 15.5. The monoisotopic (exact) mass is 384 g/mol. The number of hydrogen-bond donors (Lipinski definition) is 1. The van der Waals surface area contributed by atoms with Gasteiger partial charge in [0, 0.05) is 30.1 Å². The first-order valence-corrected chi connectivity index (χ1v) is 10.4. The van der Waals surface area contributed by atoms with E-state index in [0.717, 1.165) is 31.2 Å².